The lowest BCUT2D eigenvalue weighted by atomic mass is 9.95. The fraction of sp³-hybridized carbons (Fsp3) is 0.0588. The fourth-order valence-corrected chi connectivity index (χ4v) is 2.42. The van der Waals surface area contributed by atoms with Crippen LogP contribution >= 0.6 is 9.90 Å². The number of hydrogen-bond acceptors (Lipinski definition) is 1. The minimum atomic E-state index is 0. The van der Waals surface area contributed by atoms with Gasteiger partial charge in [0.2, 0.25) is 0 Å². The van der Waals surface area contributed by atoms with Gasteiger partial charge in [0.05, 0.1) is 0 Å². The fourth-order valence-electron chi connectivity index (χ4n) is 2.42. The van der Waals surface area contributed by atoms with Crippen LogP contribution in [0.1, 0.15) is 5.56 Å². The molecule has 1 atom stereocenters. The van der Waals surface area contributed by atoms with Crippen LogP contribution in [-0.2, 0) is 6.54 Å². The summed E-state index contributed by atoms with van der Waals surface area (Å²) in [6.45, 7) is 0.569. The van der Waals surface area contributed by atoms with Crippen LogP contribution < -0.4 is 5.73 Å². The molecule has 1 nitrogen and oxygen atoms in total. The van der Waals surface area contributed by atoms with Crippen molar-refractivity contribution in [3.05, 3.63) is 72.3 Å². The zero-order valence-electron chi connectivity index (χ0n) is 10.8. The Hall–Kier alpha value is -1.69. The molecule has 3 aromatic rings. The molecular weight excluding hydrogens is 249 g/mol. The number of benzene rings is 3. The van der Waals surface area contributed by atoms with Crippen molar-refractivity contribution in [3.8, 4) is 11.1 Å². The molecule has 3 rings (SSSR count). The summed E-state index contributed by atoms with van der Waals surface area (Å²) in [7, 11) is 0. The zero-order valence-corrected chi connectivity index (χ0v) is 12.3. The molecule has 0 radical (unpaired) electrons. The third-order valence-electron chi connectivity index (χ3n) is 3.32. The van der Waals surface area contributed by atoms with Gasteiger partial charge in [-0.05, 0) is 27.5 Å². The second-order valence-electron chi connectivity index (χ2n) is 4.39. The van der Waals surface area contributed by atoms with Crippen molar-refractivity contribution in [2.24, 2.45) is 5.73 Å². The highest BCUT2D eigenvalue weighted by atomic mass is 31.0. The maximum Gasteiger partial charge on any atom is 0.0184 e. The molecule has 0 amide bonds. The molecule has 2 heteroatoms. The molecule has 0 aliphatic rings. The Morgan fingerprint density at radius 2 is 1.32 bits per heavy atom. The van der Waals surface area contributed by atoms with E-state index >= 15 is 0 Å². The lowest BCUT2D eigenvalue weighted by Gasteiger charge is -2.10. The highest BCUT2D eigenvalue weighted by Crippen LogP contribution is 2.30. The Labute approximate surface area is 117 Å². The molecule has 0 heterocycles. The van der Waals surface area contributed by atoms with E-state index in [1.54, 1.807) is 0 Å². The molecule has 96 valence electrons. The maximum absolute atomic E-state index is 5.83. The second kappa shape index (κ2) is 5.97. The van der Waals surface area contributed by atoms with Gasteiger partial charge in [0.25, 0.3) is 0 Å². The van der Waals surface area contributed by atoms with Gasteiger partial charge in [-0.15, -0.1) is 0 Å². The minimum absolute atomic E-state index is 0. The van der Waals surface area contributed by atoms with Crippen molar-refractivity contribution in [1.29, 1.82) is 0 Å². The summed E-state index contributed by atoms with van der Waals surface area (Å²) < 4.78 is 0. The third kappa shape index (κ3) is 2.53. The van der Waals surface area contributed by atoms with Crippen LogP contribution in [-0.4, -0.2) is 0 Å². The predicted molar refractivity (Wildman–Crippen MR) is 88.4 cm³/mol. The summed E-state index contributed by atoms with van der Waals surface area (Å²) in [5.74, 6) is 0. The number of fused-ring (bicyclic) bond motifs is 1. The largest absolute Gasteiger partial charge is 0.326 e. The van der Waals surface area contributed by atoms with Gasteiger partial charge in [0.1, 0.15) is 0 Å². The summed E-state index contributed by atoms with van der Waals surface area (Å²) in [4.78, 5) is 0. The quantitative estimate of drug-likeness (QED) is 0.697. The molecule has 0 saturated heterocycles. The Balaban J connectivity index is 0.00000133. The van der Waals surface area contributed by atoms with Gasteiger partial charge in [-0.1, -0.05) is 66.7 Å². The van der Waals surface area contributed by atoms with E-state index in [0.29, 0.717) is 6.54 Å². The van der Waals surface area contributed by atoms with Gasteiger partial charge in [-0.25, -0.2) is 0 Å². The van der Waals surface area contributed by atoms with Crippen molar-refractivity contribution in [3.63, 3.8) is 0 Å². The zero-order chi connectivity index (χ0) is 12.4. The molecule has 1 unspecified atom stereocenters. The molecule has 3 aromatic carbocycles. The van der Waals surface area contributed by atoms with Crippen LogP contribution in [0, 0.1) is 0 Å². The monoisotopic (exact) mass is 267 g/mol. The van der Waals surface area contributed by atoms with Crippen LogP contribution in [0.4, 0.5) is 0 Å². The Kier molecular flexibility index (Phi) is 4.31. The van der Waals surface area contributed by atoms with E-state index in [1.807, 2.05) is 6.07 Å². The van der Waals surface area contributed by atoms with Crippen molar-refractivity contribution in [1.82, 2.24) is 0 Å². The van der Waals surface area contributed by atoms with Gasteiger partial charge in [0.15, 0.2) is 0 Å². The van der Waals surface area contributed by atoms with Gasteiger partial charge >= 0.3 is 0 Å². The number of nitrogens with two attached hydrogens (primary N) is 1. The van der Waals surface area contributed by atoms with E-state index < -0.39 is 0 Å². The first-order valence-electron chi connectivity index (χ1n) is 6.16. The Morgan fingerprint density at radius 1 is 0.684 bits per heavy atom. The van der Waals surface area contributed by atoms with Gasteiger partial charge in [-0.2, -0.15) is 9.90 Å². The average molecular weight is 267 g/mol. The van der Waals surface area contributed by atoms with E-state index in [2.05, 4.69) is 60.7 Å². The highest BCUT2D eigenvalue weighted by molar-refractivity contribution is 6.92. The minimum Gasteiger partial charge on any atom is -0.326 e. The Bertz CT molecular complexity index is 686. The standard InChI is InChI=1S/C17H15N.H3P/c18-12-14-7-2-4-10-16(14)17-11-5-8-13-6-1-3-9-15(13)17;/h1-11H,12,18H2;1H3. The summed E-state index contributed by atoms with van der Waals surface area (Å²) >= 11 is 0. The smallest absolute Gasteiger partial charge is 0.0184 e. The molecule has 0 fully saturated rings. The van der Waals surface area contributed by atoms with Crippen molar-refractivity contribution in [2.75, 3.05) is 0 Å². The predicted octanol–water partition coefficient (Wildman–Crippen LogP) is 4.02. The van der Waals surface area contributed by atoms with E-state index in [0.717, 1.165) is 0 Å². The third-order valence-corrected chi connectivity index (χ3v) is 3.32. The van der Waals surface area contributed by atoms with E-state index in [4.69, 9.17) is 5.73 Å². The summed E-state index contributed by atoms with van der Waals surface area (Å²) in [6, 6.07) is 23.2. The molecule has 0 spiro atoms. The second-order valence-corrected chi connectivity index (χ2v) is 4.39. The normalized spacial score (nSPS) is 10.2. The van der Waals surface area contributed by atoms with E-state index in [9.17, 15) is 0 Å². The lowest BCUT2D eigenvalue weighted by Crippen LogP contribution is -1.98. The molecule has 0 bridgehead atoms. The average Bonchev–Trinajstić information content (AvgIpc) is 2.46. The first-order valence-corrected chi connectivity index (χ1v) is 6.16. The van der Waals surface area contributed by atoms with Crippen LogP contribution in [0.25, 0.3) is 21.9 Å². The molecule has 2 N–H and O–H groups in total. The summed E-state index contributed by atoms with van der Waals surface area (Å²) in [5.41, 5.74) is 9.51. The van der Waals surface area contributed by atoms with Gasteiger partial charge < -0.3 is 5.73 Å². The van der Waals surface area contributed by atoms with Crippen molar-refractivity contribution >= 4 is 20.7 Å². The van der Waals surface area contributed by atoms with Gasteiger partial charge in [-0.3, -0.25) is 0 Å². The SMILES string of the molecule is NCc1ccccc1-c1cccc2ccccc12.P. The lowest BCUT2D eigenvalue weighted by molar-refractivity contribution is 1.07. The number of rotatable bonds is 2. The highest BCUT2D eigenvalue weighted by Gasteiger charge is 2.06. The summed E-state index contributed by atoms with van der Waals surface area (Å²) in [5, 5.41) is 2.54. The first-order chi connectivity index (χ1) is 8.90. The summed E-state index contributed by atoms with van der Waals surface area (Å²) in [6.07, 6.45) is 0. The van der Waals surface area contributed by atoms with Crippen LogP contribution in [0.2, 0.25) is 0 Å². The van der Waals surface area contributed by atoms with Crippen LogP contribution in [0.5, 0.6) is 0 Å². The van der Waals surface area contributed by atoms with Crippen LogP contribution in [0.15, 0.2) is 66.7 Å². The number of hydrogen-bond donors (Lipinski definition) is 1. The molecule has 0 aliphatic heterocycles. The Morgan fingerprint density at radius 3 is 2.16 bits per heavy atom. The van der Waals surface area contributed by atoms with E-state index in [-0.39, 0.29) is 9.90 Å². The molecular formula is C17H18NP. The van der Waals surface area contributed by atoms with Crippen molar-refractivity contribution < 1.29 is 0 Å². The van der Waals surface area contributed by atoms with Crippen molar-refractivity contribution in [2.45, 2.75) is 6.54 Å². The van der Waals surface area contributed by atoms with Gasteiger partial charge in [0, 0.05) is 6.54 Å². The molecule has 19 heavy (non-hydrogen) atoms. The topological polar surface area (TPSA) is 26.0 Å². The molecule has 0 saturated carbocycles. The first kappa shape index (κ1) is 13.7. The molecule has 0 aliphatic carbocycles. The molecule has 0 aromatic heterocycles. The van der Waals surface area contributed by atoms with Crippen LogP contribution in [0.3, 0.4) is 0 Å². The maximum atomic E-state index is 5.83. The van der Waals surface area contributed by atoms with E-state index in [1.165, 1.54) is 27.5 Å².